The van der Waals surface area contributed by atoms with Crippen LogP contribution in [-0.4, -0.2) is 55.5 Å². The molecule has 1 aromatic carbocycles. The van der Waals surface area contributed by atoms with Crippen molar-refractivity contribution < 1.29 is 4.42 Å². The van der Waals surface area contributed by atoms with Crippen LogP contribution in [0.4, 0.5) is 0 Å². The molecule has 26 heavy (non-hydrogen) atoms. The molecule has 1 N–H and O–H groups in total. The number of hydrogen-bond donors (Lipinski definition) is 1. The SMILES string of the molecule is CN=C(NCc1ccco1)N1CCN(C/C=C/c2ccccc2)CC1.I. The van der Waals surface area contributed by atoms with Crippen LogP contribution in [0.5, 0.6) is 0 Å². The summed E-state index contributed by atoms with van der Waals surface area (Å²) in [6.07, 6.45) is 6.13. The van der Waals surface area contributed by atoms with Crippen molar-refractivity contribution in [2.24, 2.45) is 4.99 Å². The zero-order valence-corrected chi connectivity index (χ0v) is 17.5. The smallest absolute Gasteiger partial charge is 0.194 e. The standard InChI is InChI=1S/C20H26N4O.HI/c1-21-20(22-17-19-10-6-16-25-19)24-14-12-23(13-15-24)11-5-9-18-7-3-2-4-8-18;/h2-10,16H,11-15,17H2,1H3,(H,21,22);1H/b9-5+;. The zero-order valence-electron chi connectivity index (χ0n) is 15.2. The van der Waals surface area contributed by atoms with Crippen LogP contribution in [0.25, 0.3) is 6.08 Å². The van der Waals surface area contributed by atoms with Crippen LogP contribution in [0, 0.1) is 0 Å². The quantitative estimate of drug-likeness (QED) is 0.418. The summed E-state index contributed by atoms with van der Waals surface area (Å²) in [5, 5.41) is 3.37. The third kappa shape index (κ3) is 6.17. The molecule has 6 heteroatoms. The first kappa shape index (κ1) is 20.5. The Hall–Kier alpha value is -1.80. The highest BCUT2D eigenvalue weighted by molar-refractivity contribution is 14.0. The molecule has 0 radical (unpaired) electrons. The van der Waals surface area contributed by atoms with Gasteiger partial charge in [0.05, 0.1) is 12.8 Å². The van der Waals surface area contributed by atoms with Crippen LogP contribution in [0.2, 0.25) is 0 Å². The van der Waals surface area contributed by atoms with E-state index in [1.54, 1.807) is 6.26 Å². The lowest BCUT2D eigenvalue weighted by atomic mass is 10.2. The van der Waals surface area contributed by atoms with Crippen molar-refractivity contribution in [2.45, 2.75) is 6.54 Å². The monoisotopic (exact) mass is 466 g/mol. The van der Waals surface area contributed by atoms with Crippen LogP contribution in [0.15, 0.2) is 64.2 Å². The second-order valence-electron chi connectivity index (χ2n) is 6.08. The van der Waals surface area contributed by atoms with E-state index in [2.05, 4.69) is 56.5 Å². The number of nitrogens with one attached hydrogen (secondary N) is 1. The second kappa shape index (κ2) is 11.0. The van der Waals surface area contributed by atoms with Gasteiger partial charge in [-0.15, -0.1) is 24.0 Å². The molecule has 0 spiro atoms. The minimum atomic E-state index is 0. The maximum atomic E-state index is 5.36. The molecule has 5 nitrogen and oxygen atoms in total. The highest BCUT2D eigenvalue weighted by Crippen LogP contribution is 2.06. The normalized spacial score (nSPS) is 15.9. The molecular weight excluding hydrogens is 439 g/mol. The molecule has 0 unspecified atom stereocenters. The summed E-state index contributed by atoms with van der Waals surface area (Å²) in [5.41, 5.74) is 1.25. The summed E-state index contributed by atoms with van der Waals surface area (Å²) in [6.45, 7) is 5.70. The first-order chi connectivity index (χ1) is 12.3. The Balaban J connectivity index is 0.00000243. The summed E-state index contributed by atoms with van der Waals surface area (Å²) in [4.78, 5) is 9.17. The Labute approximate surface area is 172 Å². The molecule has 140 valence electrons. The van der Waals surface area contributed by atoms with E-state index in [1.165, 1.54) is 5.56 Å². The van der Waals surface area contributed by atoms with Gasteiger partial charge in [0.2, 0.25) is 0 Å². The van der Waals surface area contributed by atoms with Crippen molar-refractivity contribution in [3.8, 4) is 0 Å². The fourth-order valence-corrected chi connectivity index (χ4v) is 2.96. The second-order valence-corrected chi connectivity index (χ2v) is 6.08. The Kier molecular flexibility index (Phi) is 8.70. The molecule has 1 saturated heterocycles. The first-order valence-electron chi connectivity index (χ1n) is 8.77. The molecule has 1 aliphatic rings. The Morgan fingerprint density at radius 1 is 1.12 bits per heavy atom. The van der Waals surface area contributed by atoms with Crippen molar-refractivity contribution in [3.63, 3.8) is 0 Å². The number of nitrogens with zero attached hydrogens (tertiary/aromatic N) is 3. The van der Waals surface area contributed by atoms with Gasteiger partial charge in [-0.2, -0.15) is 0 Å². The predicted octanol–water partition coefficient (Wildman–Crippen LogP) is 3.30. The minimum Gasteiger partial charge on any atom is -0.467 e. The zero-order chi connectivity index (χ0) is 17.3. The Morgan fingerprint density at radius 3 is 2.54 bits per heavy atom. The molecule has 1 fully saturated rings. The highest BCUT2D eigenvalue weighted by atomic mass is 127. The van der Waals surface area contributed by atoms with E-state index in [-0.39, 0.29) is 24.0 Å². The van der Waals surface area contributed by atoms with Gasteiger partial charge in [0.1, 0.15) is 5.76 Å². The number of guanidine groups is 1. The van der Waals surface area contributed by atoms with Crippen molar-refractivity contribution in [1.82, 2.24) is 15.1 Å². The summed E-state index contributed by atoms with van der Waals surface area (Å²) in [7, 11) is 1.83. The van der Waals surface area contributed by atoms with Gasteiger partial charge in [0.15, 0.2) is 5.96 Å². The lowest BCUT2D eigenvalue weighted by Crippen LogP contribution is -2.52. The van der Waals surface area contributed by atoms with E-state index in [0.717, 1.165) is 44.4 Å². The number of piperazine rings is 1. The topological polar surface area (TPSA) is 44.0 Å². The van der Waals surface area contributed by atoms with Gasteiger partial charge in [0, 0.05) is 39.8 Å². The predicted molar refractivity (Wildman–Crippen MR) is 118 cm³/mol. The molecule has 2 heterocycles. The molecule has 1 aromatic heterocycles. The van der Waals surface area contributed by atoms with Gasteiger partial charge in [-0.1, -0.05) is 42.5 Å². The Bertz CT molecular complexity index is 677. The summed E-state index contributed by atoms with van der Waals surface area (Å²) < 4.78 is 5.36. The fourth-order valence-electron chi connectivity index (χ4n) is 2.96. The highest BCUT2D eigenvalue weighted by Gasteiger charge is 2.18. The number of furan rings is 1. The average Bonchev–Trinajstić information content (AvgIpc) is 3.18. The van der Waals surface area contributed by atoms with Gasteiger partial charge in [-0.25, -0.2) is 0 Å². The van der Waals surface area contributed by atoms with Crippen molar-refractivity contribution in [3.05, 3.63) is 66.1 Å². The van der Waals surface area contributed by atoms with Crippen LogP contribution in [-0.2, 0) is 6.54 Å². The molecule has 0 amide bonds. The molecule has 3 rings (SSSR count). The van der Waals surface area contributed by atoms with E-state index >= 15 is 0 Å². The van der Waals surface area contributed by atoms with E-state index in [0.29, 0.717) is 6.54 Å². The molecule has 0 aliphatic carbocycles. The Morgan fingerprint density at radius 2 is 1.88 bits per heavy atom. The van der Waals surface area contributed by atoms with E-state index in [9.17, 15) is 0 Å². The average molecular weight is 466 g/mol. The maximum absolute atomic E-state index is 5.36. The molecule has 0 bridgehead atoms. The fraction of sp³-hybridized carbons (Fsp3) is 0.350. The molecule has 0 atom stereocenters. The third-order valence-electron chi connectivity index (χ3n) is 4.36. The number of hydrogen-bond acceptors (Lipinski definition) is 3. The first-order valence-corrected chi connectivity index (χ1v) is 8.77. The summed E-state index contributed by atoms with van der Waals surface area (Å²) >= 11 is 0. The van der Waals surface area contributed by atoms with Gasteiger partial charge < -0.3 is 14.6 Å². The van der Waals surface area contributed by atoms with Crippen LogP contribution in [0.3, 0.4) is 0 Å². The number of aliphatic imine (C=N–C) groups is 1. The molecule has 1 aliphatic heterocycles. The molecule has 2 aromatic rings. The van der Waals surface area contributed by atoms with Crippen molar-refractivity contribution in [1.29, 1.82) is 0 Å². The summed E-state index contributed by atoms with van der Waals surface area (Å²) in [6, 6.07) is 14.3. The van der Waals surface area contributed by atoms with Gasteiger partial charge in [-0.05, 0) is 17.7 Å². The van der Waals surface area contributed by atoms with Crippen LogP contribution < -0.4 is 5.32 Å². The van der Waals surface area contributed by atoms with E-state index in [1.807, 2.05) is 25.2 Å². The number of halogens is 1. The van der Waals surface area contributed by atoms with Crippen LogP contribution in [0.1, 0.15) is 11.3 Å². The minimum absolute atomic E-state index is 0. The van der Waals surface area contributed by atoms with E-state index in [4.69, 9.17) is 4.42 Å². The van der Waals surface area contributed by atoms with Gasteiger partial charge in [0.25, 0.3) is 0 Å². The largest absolute Gasteiger partial charge is 0.467 e. The third-order valence-corrected chi connectivity index (χ3v) is 4.36. The van der Waals surface area contributed by atoms with Crippen LogP contribution >= 0.6 is 24.0 Å². The molecular formula is C20H27IN4O. The molecule has 0 saturated carbocycles. The van der Waals surface area contributed by atoms with Crippen molar-refractivity contribution in [2.75, 3.05) is 39.8 Å². The lowest BCUT2D eigenvalue weighted by Gasteiger charge is -2.36. The van der Waals surface area contributed by atoms with Gasteiger partial charge >= 0.3 is 0 Å². The number of rotatable bonds is 5. The maximum Gasteiger partial charge on any atom is 0.194 e. The van der Waals surface area contributed by atoms with Gasteiger partial charge in [-0.3, -0.25) is 9.89 Å². The van der Waals surface area contributed by atoms with E-state index < -0.39 is 0 Å². The van der Waals surface area contributed by atoms with Crippen molar-refractivity contribution >= 4 is 36.0 Å². The lowest BCUT2D eigenvalue weighted by molar-refractivity contribution is 0.194. The number of benzene rings is 1. The summed E-state index contributed by atoms with van der Waals surface area (Å²) in [5.74, 6) is 1.86.